The number of nitrogens with one attached hydrogen (secondary N) is 1. The molecular formula is C17H19ClN4O3S. The van der Waals surface area contributed by atoms with Gasteiger partial charge in [-0.25, -0.2) is 0 Å². The minimum absolute atomic E-state index is 0.0523. The van der Waals surface area contributed by atoms with Gasteiger partial charge in [0.25, 0.3) is 0 Å². The summed E-state index contributed by atoms with van der Waals surface area (Å²) < 4.78 is 0. The Bertz CT molecular complexity index is 879. The predicted molar refractivity (Wildman–Crippen MR) is 101 cm³/mol. The molecule has 3 unspecified atom stereocenters. The minimum atomic E-state index is -1.66. The monoisotopic (exact) mass is 394 g/mol. The van der Waals surface area contributed by atoms with Crippen molar-refractivity contribution in [1.82, 2.24) is 9.97 Å². The number of aliphatic hydroxyl groups is 3. The number of anilines is 2. The lowest BCUT2D eigenvalue weighted by Gasteiger charge is -2.30. The number of aliphatic hydroxyl groups excluding tert-OH is 2. The molecule has 1 aliphatic rings. The molecule has 3 rings (SSSR count). The van der Waals surface area contributed by atoms with Crippen molar-refractivity contribution in [2.75, 3.05) is 17.7 Å². The van der Waals surface area contributed by atoms with Gasteiger partial charge >= 0.3 is 0 Å². The van der Waals surface area contributed by atoms with E-state index in [0.29, 0.717) is 6.42 Å². The fourth-order valence-corrected chi connectivity index (χ4v) is 3.90. The van der Waals surface area contributed by atoms with Crippen LogP contribution in [-0.4, -0.2) is 43.7 Å². The zero-order chi connectivity index (χ0) is 18.9. The first-order chi connectivity index (χ1) is 12.3. The summed E-state index contributed by atoms with van der Waals surface area (Å²) in [4.78, 5) is 8.88. The molecule has 2 aromatic heterocycles. The fraction of sp³-hybridized carbons (Fsp3) is 0.412. The summed E-state index contributed by atoms with van der Waals surface area (Å²) in [5, 5.41) is 35.2. The first kappa shape index (κ1) is 18.9. The number of nitrogen functional groups attached to an aromatic ring is 1. The van der Waals surface area contributed by atoms with Gasteiger partial charge in [0.05, 0.1) is 4.88 Å². The molecule has 0 spiro atoms. The average molecular weight is 395 g/mol. The number of halogens is 1. The van der Waals surface area contributed by atoms with Crippen LogP contribution in [0.15, 0.2) is 11.4 Å². The SMILES string of the molecule is Cc1ccsc1C#Cc1c(Cl)nc(N)nc1NC1(O)CCC(CO)C1O. The maximum absolute atomic E-state index is 10.8. The first-order valence-electron chi connectivity index (χ1n) is 8.02. The molecule has 26 heavy (non-hydrogen) atoms. The molecule has 0 amide bonds. The summed E-state index contributed by atoms with van der Waals surface area (Å²) in [6.45, 7) is 1.73. The van der Waals surface area contributed by atoms with Crippen molar-refractivity contribution < 1.29 is 15.3 Å². The third kappa shape index (κ3) is 3.63. The lowest BCUT2D eigenvalue weighted by atomic mass is 10.0. The summed E-state index contributed by atoms with van der Waals surface area (Å²) in [6, 6.07) is 1.96. The van der Waals surface area contributed by atoms with Crippen LogP contribution in [-0.2, 0) is 0 Å². The van der Waals surface area contributed by atoms with Crippen LogP contribution in [0.25, 0.3) is 0 Å². The second kappa shape index (κ2) is 7.39. The number of rotatable bonds is 3. The first-order valence-corrected chi connectivity index (χ1v) is 9.28. The summed E-state index contributed by atoms with van der Waals surface area (Å²) in [5.74, 6) is 5.58. The zero-order valence-corrected chi connectivity index (χ0v) is 15.6. The predicted octanol–water partition coefficient (Wildman–Crippen LogP) is 1.35. The van der Waals surface area contributed by atoms with Crippen LogP contribution < -0.4 is 11.1 Å². The van der Waals surface area contributed by atoms with E-state index in [-0.39, 0.29) is 35.5 Å². The Morgan fingerprint density at radius 1 is 1.46 bits per heavy atom. The fourth-order valence-electron chi connectivity index (χ4n) is 2.90. The van der Waals surface area contributed by atoms with Crippen molar-refractivity contribution in [1.29, 1.82) is 0 Å². The number of hydrogen-bond donors (Lipinski definition) is 5. The van der Waals surface area contributed by atoms with Crippen molar-refractivity contribution in [3.63, 3.8) is 0 Å². The summed E-state index contributed by atoms with van der Waals surface area (Å²) in [7, 11) is 0. The van der Waals surface area contributed by atoms with E-state index in [1.807, 2.05) is 18.4 Å². The quantitative estimate of drug-likeness (QED) is 0.302. The van der Waals surface area contributed by atoms with E-state index >= 15 is 0 Å². The van der Waals surface area contributed by atoms with E-state index in [4.69, 9.17) is 17.3 Å². The van der Waals surface area contributed by atoms with Gasteiger partial charge in [-0.3, -0.25) is 0 Å². The van der Waals surface area contributed by atoms with Gasteiger partial charge in [-0.15, -0.1) is 11.3 Å². The van der Waals surface area contributed by atoms with Gasteiger partial charge in [0.2, 0.25) is 5.95 Å². The molecule has 0 radical (unpaired) electrons. The highest BCUT2D eigenvalue weighted by atomic mass is 35.5. The molecule has 1 aliphatic carbocycles. The van der Waals surface area contributed by atoms with Crippen LogP contribution in [0.1, 0.15) is 28.8 Å². The number of thiophene rings is 1. The number of aryl methyl sites for hydroxylation is 1. The number of nitrogens with zero attached hydrogens (tertiary/aromatic N) is 2. The molecule has 3 atom stereocenters. The van der Waals surface area contributed by atoms with E-state index in [2.05, 4.69) is 27.1 Å². The topological polar surface area (TPSA) is 125 Å². The number of hydrogen-bond acceptors (Lipinski definition) is 8. The van der Waals surface area contributed by atoms with E-state index < -0.39 is 17.7 Å². The lowest BCUT2D eigenvalue weighted by molar-refractivity contribution is -0.0545. The van der Waals surface area contributed by atoms with Crippen LogP contribution in [0.4, 0.5) is 11.8 Å². The van der Waals surface area contributed by atoms with Gasteiger partial charge in [0, 0.05) is 12.5 Å². The van der Waals surface area contributed by atoms with Gasteiger partial charge in [-0.2, -0.15) is 9.97 Å². The largest absolute Gasteiger partial charge is 0.396 e. The Labute approximate surface area is 159 Å². The second-order valence-corrected chi connectivity index (χ2v) is 7.53. The normalized spacial score (nSPS) is 25.0. The highest BCUT2D eigenvalue weighted by Gasteiger charge is 2.47. The minimum Gasteiger partial charge on any atom is -0.396 e. The maximum Gasteiger partial charge on any atom is 0.223 e. The molecule has 2 heterocycles. The standard InChI is InChI=1S/C17H19ClN4O3S/c1-9-5-7-26-12(9)3-2-11-14(18)20-16(19)21-15(11)22-17(25)6-4-10(8-23)13(17)24/h5,7,10,13,23-25H,4,6,8H2,1H3,(H3,19,20,21,22). The van der Waals surface area contributed by atoms with Gasteiger partial charge < -0.3 is 26.4 Å². The molecule has 0 saturated heterocycles. The van der Waals surface area contributed by atoms with Crippen molar-refractivity contribution in [2.24, 2.45) is 5.92 Å². The van der Waals surface area contributed by atoms with E-state index in [9.17, 15) is 15.3 Å². The van der Waals surface area contributed by atoms with Crippen LogP contribution in [0.5, 0.6) is 0 Å². The molecule has 138 valence electrons. The Balaban J connectivity index is 1.97. The van der Waals surface area contributed by atoms with Crippen LogP contribution >= 0.6 is 22.9 Å². The molecule has 1 saturated carbocycles. The number of aromatic nitrogens is 2. The van der Waals surface area contributed by atoms with Crippen LogP contribution in [0.2, 0.25) is 5.15 Å². The average Bonchev–Trinajstić information content (AvgIpc) is 3.11. The molecule has 0 aromatic carbocycles. The maximum atomic E-state index is 10.8. The van der Waals surface area contributed by atoms with Crippen molar-refractivity contribution in [3.8, 4) is 11.8 Å². The highest BCUT2D eigenvalue weighted by Crippen LogP contribution is 2.36. The molecule has 9 heteroatoms. The van der Waals surface area contributed by atoms with E-state index in [1.165, 1.54) is 11.3 Å². The van der Waals surface area contributed by atoms with Gasteiger partial charge in [0.1, 0.15) is 11.7 Å². The molecule has 2 aromatic rings. The van der Waals surface area contributed by atoms with Crippen molar-refractivity contribution in [2.45, 2.75) is 31.6 Å². The van der Waals surface area contributed by atoms with E-state index in [0.717, 1.165) is 10.4 Å². The van der Waals surface area contributed by atoms with Crippen LogP contribution in [0.3, 0.4) is 0 Å². The Morgan fingerprint density at radius 3 is 2.85 bits per heavy atom. The molecule has 7 nitrogen and oxygen atoms in total. The van der Waals surface area contributed by atoms with Gasteiger partial charge in [0.15, 0.2) is 16.7 Å². The summed E-state index contributed by atoms with van der Waals surface area (Å²) in [6.07, 6.45) is -0.467. The van der Waals surface area contributed by atoms with Gasteiger partial charge in [-0.1, -0.05) is 23.4 Å². The Hall–Kier alpha value is -1.89. The summed E-state index contributed by atoms with van der Waals surface area (Å²) in [5.41, 5.74) is 5.33. The Morgan fingerprint density at radius 2 is 2.23 bits per heavy atom. The molecule has 6 N–H and O–H groups in total. The molecule has 0 aliphatic heterocycles. The lowest BCUT2D eigenvalue weighted by Crippen LogP contribution is -2.48. The Kier molecular flexibility index (Phi) is 5.37. The zero-order valence-electron chi connectivity index (χ0n) is 14.0. The van der Waals surface area contributed by atoms with Gasteiger partial charge in [-0.05, 0) is 36.8 Å². The smallest absolute Gasteiger partial charge is 0.223 e. The third-order valence-electron chi connectivity index (χ3n) is 4.45. The molecule has 1 fully saturated rings. The second-order valence-electron chi connectivity index (χ2n) is 6.25. The van der Waals surface area contributed by atoms with Crippen LogP contribution in [0, 0.1) is 24.7 Å². The van der Waals surface area contributed by atoms with Crippen molar-refractivity contribution >= 4 is 34.7 Å². The molecule has 0 bridgehead atoms. The van der Waals surface area contributed by atoms with E-state index in [1.54, 1.807) is 0 Å². The third-order valence-corrected chi connectivity index (χ3v) is 5.65. The van der Waals surface area contributed by atoms with Crippen molar-refractivity contribution in [3.05, 3.63) is 32.6 Å². The highest BCUT2D eigenvalue weighted by molar-refractivity contribution is 7.10. The summed E-state index contributed by atoms with van der Waals surface area (Å²) >= 11 is 7.68. The molecular weight excluding hydrogens is 376 g/mol. The number of nitrogens with two attached hydrogens (primary N) is 1.